The molecule has 0 bridgehead atoms. The first-order chi connectivity index (χ1) is 7.18. The molecular formula is C11H23F3N2. The van der Waals surface area contributed by atoms with Crippen LogP contribution in [0.5, 0.6) is 0 Å². The van der Waals surface area contributed by atoms with Gasteiger partial charge in [0.25, 0.3) is 0 Å². The summed E-state index contributed by atoms with van der Waals surface area (Å²) in [7, 11) is 0. The van der Waals surface area contributed by atoms with Gasteiger partial charge in [0.05, 0.1) is 5.92 Å². The van der Waals surface area contributed by atoms with E-state index in [-0.39, 0.29) is 19.1 Å². The number of hydrogen-bond donors (Lipinski definition) is 1. The molecule has 0 radical (unpaired) electrons. The fourth-order valence-corrected chi connectivity index (χ4v) is 1.56. The standard InChI is InChI=1S/C11H23F3N2/c1-8(2)6-16(9(3)4)7-10(5-15)11(12,13)14/h8-10H,5-7,15H2,1-4H3. The van der Waals surface area contributed by atoms with Crippen LogP contribution in [0.25, 0.3) is 0 Å². The lowest BCUT2D eigenvalue weighted by Gasteiger charge is -2.32. The minimum atomic E-state index is -4.20. The van der Waals surface area contributed by atoms with Crippen LogP contribution >= 0.6 is 0 Å². The van der Waals surface area contributed by atoms with Crippen LogP contribution in [0, 0.1) is 11.8 Å². The fourth-order valence-electron chi connectivity index (χ4n) is 1.56. The molecule has 0 aromatic heterocycles. The highest BCUT2D eigenvalue weighted by Gasteiger charge is 2.39. The second kappa shape index (κ2) is 6.45. The van der Waals surface area contributed by atoms with E-state index in [0.29, 0.717) is 12.5 Å². The fraction of sp³-hybridized carbons (Fsp3) is 1.00. The van der Waals surface area contributed by atoms with Crippen LogP contribution in [-0.2, 0) is 0 Å². The Kier molecular flexibility index (Phi) is 6.33. The van der Waals surface area contributed by atoms with Crippen LogP contribution in [0.1, 0.15) is 27.7 Å². The van der Waals surface area contributed by atoms with Crippen molar-refractivity contribution in [2.75, 3.05) is 19.6 Å². The molecule has 5 heteroatoms. The number of alkyl halides is 3. The van der Waals surface area contributed by atoms with Gasteiger partial charge in [0, 0.05) is 25.7 Å². The first-order valence-corrected chi connectivity index (χ1v) is 5.69. The van der Waals surface area contributed by atoms with E-state index in [4.69, 9.17) is 5.73 Å². The Morgan fingerprint density at radius 1 is 1.06 bits per heavy atom. The molecule has 2 N–H and O–H groups in total. The molecule has 0 amide bonds. The molecule has 0 saturated heterocycles. The third-order valence-electron chi connectivity index (χ3n) is 2.53. The van der Waals surface area contributed by atoms with Gasteiger partial charge < -0.3 is 10.6 Å². The molecule has 0 saturated carbocycles. The second-order valence-electron chi connectivity index (χ2n) is 4.92. The summed E-state index contributed by atoms with van der Waals surface area (Å²) in [4.78, 5) is 1.84. The van der Waals surface area contributed by atoms with Gasteiger partial charge in [-0.05, 0) is 19.8 Å². The SMILES string of the molecule is CC(C)CN(CC(CN)C(F)(F)F)C(C)C. The van der Waals surface area contributed by atoms with Crippen LogP contribution in [0.4, 0.5) is 13.2 Å². The number of rotatable bonds is 6. The number of halogens is 3. The van der Waals surface area contributed by atoms with Gasteiger partial charge in [-0.3, -0.25) is 0 Å². The number of hydrogen-bond acceptors (Lipinski definition) is 2. The van der Waals surface area contributed by atoms with Gasteiger partial charge in [0.15, 0.2) is 0 Å². The van der Waals surface area contributed by atoms with Gasteiger partial charge in [0.2, 0.25) is 0 Å². The van der Waals surface area contributed by atoms with E-state index in [1.54, 1.807) is 0 Å². The molecular weight excluding hydrogens is 217 g/mol. The molecule has 0 aliphatic carbocycles. The molecule has 98 valence electrons. The molecule has 0 heterocycles. The highest BCUT2D eigenvalue weighted by Crippen LogP contribution is 2.26. The van der Waals surface area contributed by atoms with Crippen molar-refractivity contribution in [1.29, 1.82) is 0 Å². The minimum Gasteiger partial charge on any atom is -0.330 e. The van der Waals surface area contributed by atoms with Crippen LogP contribution in [-0.4, -0.2) is 36.8 Å². The Morgan fingerprint density at radius 3 is 1.81 bits per heavy atom. The zero-order valence-electron chi connectivity index (χ0n) is 10.5. The molecule has 1 atom stereocenters. The first kappa shape index (κ1) is 15.7. The molecule has 0 aromatic rings. The lowest BCUT2D eigenvalue weighted by atomic mass is 10.1. The van der Waals surface area contributed by atoms with Gasteiger partial charge in [0.1, 0.15) is 0 Å². The molecule has 0 spiro atoms. The molecule has 1 unspecified atom stereocenters. The van der Waals surface area contributed by atoms with Crippen LogP contribution < -0.4 is 5.73 Å². The minimum absolute atomic E-state index is 0.00412. The number of nitrogens with zero attached hydrogens (tertiary/aromatic N) is 1. The highest BCUT2D eigenvalue weighted by molar-refractivity contribution is 4.75. The summed E-state index contributed by atoms with van der Waals surface area (Å²) in [6.45, 7) is 8.14. The number of nitrogens with two attached hydrogens (primary N) is 1. The lowest BCUT2D eigenvalue weighted by Crippen LogP contribution is -2.44. The summed E-state index contributed by atoms with van der Waals surface area (Å²) in [6.07, 6.45) is -4.20. The predicted octanol–water partition coefficient (Wildman–Crippen LogP) is 2.49. The van der Waals surface area contributed by atoms with Crippen LogP contribution in [0.15, 0.2) is 0 Å². The van der Waals surface area contributed by atoms with Crippen molar-refractivity contribution in [3.8, 4) is 0 Å². The Hall–Kier alpha value is -0.290. The summed E-state index contributed by atoms with van der Waals surface area (Å²) < 4.78 is 37.7. The molecule has 0 aliphatic heterocycles. The molecule has 0 fully saturated rings. The Labute approximate surface area is 96.0 Å². The molecule has 0 aliphatic rings. The van der Waals surface area contributed by atoms with Crippen molar-refractivity contribution < 1.29 is 13.2 Å². The van der Waals surface area contributed by atoms with Crippen molar-refractivity contribution in [3.05, 3.63) is 0 Å². The van der Waals surface area contributed by atoms with E-state index < -0.39 is 12.1 Å². The average Bonchev–Trinajstić information content (AvgIpc) is 2.08. The van der Waals surface area contributed by atoms with Crippen molar-refractivity contribution in [2.24, 2.45) is 17.6 Å². The largest absolute Gasteiger partial charge is 0.394 e. The first-order valence-electron chi connectivity index (χ1n) is 5.69. The van der Waals surface area contributed by atoms with E-state index in [0.717, 1.165) is 0 Å². The summed E-state index contributed by atoms with van der Waals surface area (Å²) in [5.41, 5.74) is 5.19. The van der Waals surface area contributed by atoms with Crippen LogP contribution in [0.2, 0.25) is 0 Å². The van der Waals surface area contributed by atoms with Gasteiger partial charge in [-0.25, -0.2) is 0 Å². The molecule has 0 aromatic carbocycles. The summed E-state index contributed by atoms with van der Waals surface area (Å²) in [5, 5.41) is 0. The van der Waals surface area contributed by atoms with E-state index >= 15 is 0 Å². The topological polar surface area (TPSA) is 29.3 Å². The smallest absolute Gasteiger partial charge is 0.330 e. The maximum Gasteiger partial charge on any atom is 0.394 e. The maximum absolute atomic E-state index is 12.6. The zero-order valence-corrected chi connectivity index (χ0v) is 10.5. The van der Waals surface area contributed by atoms with E-state index in [9.17, 15) is 13.2 Å². The van der Waals surface area contributed by atoms with Gasteiger partial charge in [-0.15, -0.1) is 0 Å². The lowest BCUT2D eigenvalue weighted by molar-refractivity contribution is -0.177. The summed E-state index contributed by atoms with van der Waals surface area (Å²) in [5.74, 6) is -1.07. The highest BCUT2D eigenvalue weighted by atomic mass is 19.4. The zero-order chi connectivity index (χ0) is 12.9. The normalized spacial score (nSPS) is 15.2. The Balaban J connectivity index is 4.47. The second-order valence-corrected chi connectivity index (χ2v) is 4.92. The van der Waals surface area contributed by atoms with Crippen molar-refractivity contribution >= 4 is 0 Å². The van der Waals surface area contributed by atoms with Gasteiger partial charge >= 0.3 is 6.18 Å². The van der Waals surface area contributed by atoms with Gasteiger partial charge in [-0.1, -0.05) is 13.8 Å². The van der Waals surface area contributed by atoms with E-state index in [2.05, 4.69) is 0 Å². The van der Waals surface area contributed by atoms with E-state index in [1.165, 1.54) is 0 Å². The van der Waals surface area contributed by atoms with Crippen LogP contribution in [0.3, 0.4) is 0 Å². The monoisotopic (exact) mass is 240 g/mol. The maximum atomic E-state index is 12.6. The Morgan fingerprint density at radius 2 is 1.56 bits per heavy atom. The molecule has 16 heavy (non-hydrogen) atoms. The summed E-state index contributed by atoms with van der Waals surface area (Å²) in [6, 6.07) is 0.110. The quantitative estimate of drug-likeness (QED) is 0.773. The van der Waals surface area contributed by atoms with Crippen molar-refractivity contribution in [2.45, 2.75) is 39.9 Å². The van der Waals surface area contributed by atoms with Gasteiger partial charge in [-0.2, -0.15) is 13.2 Å². The van der Waals surface area contributed by atoms with E-state index in [1.807, 2.05) is 32.6 Å². The molecule has 2 nitrogen and oxygen atoms in total. The predicted molar refractivity (Wildman–Crippen MR) is 60.1 cm³/mol. The third kappa shape index (κ3) is 5.70. The van der Waals surface area contributed by atoms with Crippen molar-refractivity contribution in [3.63, 3.8) is 0 Å². The summed E-state index contributed by atoms with van der Waals surface area (Å²) >= 11 is 0. The Bertz CT molecular complexity index is 190. The third-order valence-corrected chi connectivity index (χ3v) is 2.53. The van der Waals surface area contributed by atoms with Crippen molar-refractivity contribution in [1.82, 2.24) is 4.90 Å². The molecule has 0 rings (SSSR count). The average molecular weight is 240 g/mol.